The highest BCUT2D eigenvalue weighted by Gasteiger charge is 2.08. The third-order valence-corrected chi connectivity index (χ3v) is 2.17. The molecule has 0 aromatic heterocycles. The first-order chi connectivity index (χ1) is 8.95. The Hall–Kier alpha value is -1.56. The zero-order chi connectivity index (χ0) is 14.7. The average molecular weight is 273 g/mol. The molecule has 0 unspecified atom stereocenters. The van der Waals surface area contributed by atoms with Gasteiger partial charge in [0.25, 0.3) is 0 Å². The van der Waals surface area contributed by atoms with Crippen molar-refractivity contribution in [1.82, 2.24) is 5.32 Å². The van der Waals surface area contributed by atoms with Crippen molar-refractivity contribution < 1.29 is 23.8 Å². The van der Waals surface area contributed by atoms with Gasteiger partial charge in [-0.25, -0.2) is 0 Å². The van der Waals surface area contributed by atoms with Gasteiger partial charge in [-0.3, -0.25) is 9.59 Å². The molecule has 6 heteroatoms. The van der Waals surface area contributed by atoms with Crippen LogP contribution in [0.4, 0.5) is 0 Å². The molecule has 0 heterocycles. The SMILES string of the molecule is CO/C=C/[C@@H](COCC[C@@H](C)OC(C)=O)NC(C)=O. The summed E-state index contributed by atoms with van der Waals surface area (Å²) >= 11 is 0. The maximum Gasteiger partial charge on any atom is 0.302 e. The van der Waals surface area contributed by atoms with E-state index in [0.717, 1.165) is 0 Å². The average Bonchev–Trinajstić information content (AvgIpc) is 2.29. The number of esters is 1. The predicted molar refractivity (Wildman–Crippen MR) is 70.4 cm³/mol. The minimum absolute atomic E-state index is 0.136. The molecule has 19 heavy (non-hydrogen) atoms. The van der Waals surface area contributed by atoms with E-state index in [1.54, 1.807) is 13.0 Å². The van der Waals surface area contributed by atoms with Crippen LogP contribution in [0.2, 0.25) is 0 Å². The van der Waals surface area contributed by atoms with Crippen molar-refractivity contribution in [2.45, 2.75) is 39.3 Å². The van der Waals surface area contributed by atoms with Crippen molar-refractivity contribution in [1.29, 1.82) is 0 Å². The summed E-state index contributed by atoms with van der Waals surface area (Å²) in [5.74, 6) is -0.436. The van der Waals surface area contributed by atoms with E-state index in [-0.39, 0.29) is 24.0 Å². The van der Waals surface area contributed by atoms with E-state index in [1.165, 1.54) is 27.2 Å². The third kappa shape index (κ3) is 11.3. The van der Waals surface area contributed by atoms with Crippen LogP contribution in [0.5, 0.6) is 0 Å². The summed E-state index contributed by atoms with van der Waals surface area (Å²) in [6, 6.07) is -0.235. The molecule has 0 fully saturated rings. The summed E-state index contributed by atoms with van der Waals surface area (Å²) < 4.78 is 15.2. The van der Waals surface area contributed by atoms with Crippen LogP contribution in [-0.2, 0) is 23.8 Å². The lowest BCUT2D eigenvalue weighted by Gasteiger charge is -2.15. The fourth-order valence-electron chi connectivity index (χ4n) is 1.38. The van der Waals surface area contributed by atoms with Crippen molar-refractivity contribution in [2.24, 2.45) is 0 Å². The molecule has 0 aliphatic heterocycles. The largest absolute Gasteiger partial charge is 0.505 e. The molecule has 0 saturated heterocycles. The Balaban J connectivity index is 3.88. The van der Waals surface area contributed by atoms with Gasteiger partial charge in [-0.15, -0.1) is 0 Å². The van der Waals surface area contributed by atoms with Gasteiger partial charge in [0.15, 0.2) is 0 Å². The summed E-state index contributed by atoms with van der Waals surface area (Å²) in [4.78, 5) is 21.7. The van der Waals surface area contributed by atoms with Crippen LogP contribution in [0.15, 0.2) is 12.3 Å². The van der Waals surface area contributed by atoms with Crippen LogP contribution in [-0.4, -0.2) is 44.3 Å². The Labute approximate surface area is 114 Å². The van der Waals surface area contributed by atoms with Crippen LogP contribution in [0.1, 0.15) is 27.2 Å². The van der Waals surface area contributed by atoms with Crippen LogP contribution < -0.4 is 5.32 Å². The topological polar surface area (TPSA) is 73.9 Å². The summed E-state index contributed by atoms with van der Waals surface area (Å²) in [6.45, 7) is 5.41. The molecule has 0 aromatic carbocycles. The van der Waals surface area contributed by atoms with Crippen LogP contribution in [0, 0.1) is 0 Å². The number of hydrogen-bond acceptors (Lipinski definition) is 5. The lowest BCUT2D eigenvalue weighted by Crippen LogP contribution is -2.35. The lowest BCUT2D eigenvalue weighted by atomic mass is 10.3. The summed E-state index contributed by atoms with van der Waals surface area (Å²) in [5.41, 5.74) is 0. The molecule has 2 atom stereocenters. The van der Waals surface area contributed by atoms with E-state index in [0.29, 0.717) is 19.6 Å². The van der Waals surface area contributed by atoms with Crippen LogP contribution >= 0.6 is 0 Å². The molecular weight excluding hydrogens is 250 g/mol. The van der Waals surface area contributed by atoms with Gasteiger partial charge >= 0.3 is 5.97 Å². The molecule has 110 valence electrons. The fourth-order valence-corrected chi connectivity index (χ4v) is 1.38. The first-order valence-electron chi connectivity index (χ1n) is 6.17. The number of ether oxygens (including phenoxy) is 3. The maximum atomic E-state index is 11.0. The smallest absolute Gasteiger partial charge is 0.302 e. The van der Waals surface area contributed by atoms with Gasteiger partial charge in [0.05, 0.1) is 32.6 Å². The molecule has 0 spiro atoms. The van der Waals surface area contributed by atoms with E-state index in [1.807, 2.05) is 0 Å². The number of methoxy groups -OCH3 is 1. The van der Waals surface area contributed by atoms with E-state index in [9.17, 15) is 9.59 Å². The van der Waals surface area contributed by atoms with Gasteiger partial charge in [-0.2, -0.15) is 0 Å². The van der Waals surface area contributed by atoms with E-state index in [2.05, 4.69) is 5.32 Å². The number of rotatable bonds is 9. The fraction of sp³-hybridized carbons (Fsp3) is 0.692. The molecule has 0 bridgehead atoms. The highest BCUT2D eigenvalue weighted by atomic mass is 16.5. The first-order valence-corrected chi connectivity index (χ1v) is 6.17. The highest BCUT2D eigenvalue weighted by molar-refractivity contribution is 5.73. The standard InChI is InChI=1S/C13H23NO5/c1-10(19-12(3)16)5-8-18-9-13(6-7-17-4)14-11(2)15/h6-7,10,13H,5,8-9H2,1-4H3,(H,14,15)/b7-6+/t10-,13+/m1/s1. The number of hydrogen-bond donors (Lipinski definition) is 1. The minimum atomic E-state index is -0.299. The predicted octanol–water partition coefficient (Wildman–Crippen LogP) is 1.01. The van der Waals surface area contributed by atoms with Gasteiger partial charge in [0.1, 0.15) is 6.10 Å². The highest BCUT2D eigenvalue weighted by Crippen LogP contribution is 1.99. The number of carbonyl (C=O) groups is 2. The quantitative estimate of drug-likeness (QED) is 0.385. The molecule has 1 amide bonds. The van der Waals surface area contributed by atoms with Crippen molar-refractivity contribution in [2.75, 3.05) is 20.3 Å². The van der Waals surface area contributed by atoms with Crippen molar-refractivity contribution in [3.63, 3.8) is 0 Å². The van der Waals surface area contributed by atoms with E-state index in [4.69, 9.17) is 14.2 Å². The van der Waals surface area contributed by atoms with Gasteiger partial charge < -0.3 is 19.5 Å². The van der Waals surface area contributed by atoms with Crippen LogP contribution in [0.25, 0.3) is 0 Å². The van der Waals surface area contributed by atoms with Crippen LogP contribution in [0.3, 0.4) is 0 Å². The van der Waals surface area contributed by atoms with Crippen molar-refractivity contribution in [3.8, 4) is 0 Å². The van der Waals surface area contributed by atoms with Gasteiger partial charge in [0.2, 0.25) is 5.91 Å². The second-order valence-corrected chi connectivity index (χ2v) is 4.15. The van der Waals surface area contributed by atoms with Crippen molar-refractivity contribution >= 4 is 11.9 Å². The molecule has 0 aliphatic carbocycles. The van der Waals surface area contributed by atoms with Gasteiger partial charge in [-0.1, -0.05) is 0 Å². The van der Waals surface area contributed by atoms with E-state index < -0.39 is 0 Å². The molecular formula is C13H23NO5. The normalized spacial score (nSPS) is 13.9. The Morgan fingerprint density at radius 1 is 1.32 bits per heavy atom. The number of carbonyl (C=O) groups excluding carboxylic acids is 2. The lowest BCUT2D eigenvalue weighted by molar-refractivity contribution is -0.146. The van der Waals surface area contributed by atoms with E-state index >= 15 is 0 Å². The molecule has 0 radical (unpaired) electrons. The number of nitrogens with one attached hydrogen (secondary N) is 1. The molecule has 0 aromatic rings. The second-order valence-electron chi connectivity index (χ2n) is 4.15. The zero-order valence-corrected chi connectivity index (χ0v) is 12.0. The maximum absolute atomic E-state index is 11.0. The van der Waals surface area contributed by atoms with Gasteiger partial charge in [0, 0.05) is 20.3 Å². The Morgan fingerprint density at radius 3 is 2.53 bits per heavy atom. The summed E-state index contributed by atoms with van der Waals surface area (Å²) in [5, 5.41) is 2.72. The van der Waals surface area contributed by atoms with Gasteiger partial charge in [-0.05, 0) is 13.0 Å². The second kappa shape index (κ2) is 10.4. The first kappa shape index (κ1) is 17.4. The monoisotopic (exact) mass is 273 g/mol. The summed E-state index contributed by atoms with van der Waals surface area (Å²) in [6.07, 6.45) is 3.63. The third-order valence-electron chi connectivity index (χ3n) is 2.17. The summed E-state index contributed by atoms with van der Waals surface area (Å²) in [7, 11) is 1.53. The van der Waals surface area contributed by atoms with Crippen molar-refractivity contribution in [3.05, 3.63) is 12.3 Å². The Morgan fingerprint density at radius 2 is 2.00 bits per heavy atom. The molecule has 0 aliphatic rings. The minimum Gasteiger partial charge on any atom is -0.505 e. The number of amides is 1. The Kier molecular flexibility index (Phi) is 9.52. The molecule has 0 saturated carbocycles. The zero-order valence-electron chi connectivity index (χ0n) is 12.0. The Bertz CT molecular complexity index is 303. The molecule has 0 rings (SSSR count). The molecule has 1 N–H and O–H groups in total. The molecule has 6 nitrogen and oxygen atoms in total.